The lowest BCUT2D eigenvalue weighted by Gasteiger charge is -2.14. The molecule has 2 N–H and O–H groups in total. The third kappa shape index (κ3) is 5.34. The highest BCUT2D eigenvalue weighted by Crippen LogP contribution is 2.44. The zero-order chi connectivity index (χ0) is 23.0. The number of amides is 1. The Balaban J connectivity index is 1.27. The zero-order valence-electron chi connectivity index (χ0n) is 17.9. The van der Waals surface area contributed by atoms with Crippen molar-refractivity contribution < 1.29 is 24.2 Å². The molecule has 1 aliphatic carbocycles. The highest BCUT2D eigenvalue weighted by Gasteiger charge is 2.28. The average molecular weight is 441 g/mol. The average Bonchev–Trinajstić information content (AvgIpc) is 3.15. The summed E-state index contributed by atoms with van der Waals surface area (Å²) in [6, 6.07) is 23.4. The number of alkyl carbamates (subject to hydrolysis) is 1. The van der Waals surface area contributed by atoms with E-state index < -0.39 is 18.7 Å². The summed E-state index contributed by atoms with van der Waals surface area (Å²) in [4.78, 5) is 22.9. The van der Waals surface area contributed by atoms with Crippen molar-refractivity contribution >= 4 is 12.1 Å². The lowest BCUT2D eigenvalue weighted by molar-refractivity contribution is -0.139. The van der Waals surface area contributed by atoms with Crippen molar-refractivity contribution in [1.29, 1.82) is 0 Å². The standard InChI is InChI=1S/C27H23NO5/c29-26(30)18-32-25-15-6-1-9-19(25)10-7-8-16-28-27(31)33-17-24-22-13-4-2-11-20(22)21-12-3-5-14-23(21)24/h1-6,9,11-15,24H,8,16-18H2,(H,28,31)(H,29,30). The van der Waals surface area contributed by atoms with Crippen molar-refractivity contribution in [3.8, 4) is 28.7 Å². The number of nitrogens with one attached hydrogen (secondary N) is 1. The monoisotopic (exact) mass is 441 g/mol. The highest BCUT2D eigenvalue weighted by atomic mass is 16.5. The fraction of sp³-hybridized carbons (Fsp3) is 0.185. The Hall–Kier alpha value is -4.24. The van der Waals surface area contributed by atoms with Gasteiger partial charge in [-0.05, 0) is 34.4 Å². The van der Waals surface area contributed by atoms with E-state index in [1.165, 1.54) is 22.3 Å². The summed E-state index contributed by atoms with van der Waals surface area (Å²) in [7, 11) is 0. The number of rotatable bonds is 7. The first-order chi connectivity index (χ1) is 16.1. The van der Waals surface area contributed by atoms with Gasteiger partial charge in [-0.15, -0.1) is 0 Å². The van der Waals surface area contributed by atoms with Crippen molar-refractivity contribution in [2.75, 3.05) is 19.8 Å². The Labute approximate surface area is 192 Å². The van der Waals surface area contributed by atoms with Crippen LogP contribution in [-0.2, 0) is 9.53 Å². The maximum absolute atomic E-state index is 12.2. The minimum absolute atomic E-state index is 0.0187. The van der Waals surface area contributed by atoms with Crippen molar-refractivity contribution in [2.24, 2.45) is 0 Å². The van der Waals surface area contributed by atoms with Crippen LogP contribution in [0.3, 0.4) is 0 Å². The fourth-order valence-corrected chi connectivity index (χ4v) is 3.87. The van der Waals surface area contributed by atoms with Crippen molar-refractivity contribution in [1.82, 2.24) is 5.32 Å². The van der Waals surface area contributed by atoms with Crippen LogP contribution in [0.1, 0.15) is 29.0 Å². The van der Waals surface area contributed by atoms with Crippen LogP contribution in [0.15, 0.2) is 72.8 Å². The Morgan fingerprint density at radius 1 is 0.909 bits per heavy atom. The van der Waals surface area contributed by atoms with Gasteiger partial charge in [-0.3, -0.25) is 0 Å². The maximum Gasteiger partial charge on any atom is 0.407 e. The molecule has 6 nitrogen and oxygen atoms in total. The van der Waals surface area contributed by atoms with E-state index in [-0.39, 0.29) is 12.5 Å². The largest absolute Gasteiger partial charge is 0.481 e. The van der Waals surface area contributed by atoms with Gasteiger partial charge in [0.1, 0.15) is 12.4 Å². The molecule has 0 spiro atoms. The van der Waals surface area contributed by atoms with Gasteiger partial charge in [0.2, 0.25) is 0 Å². The number of carbonyl (C=O) groups excluding carboxylic acids is 1. The van der Waals surface area contributed by atoms with Gasteiger partial charge in [-0.25, -0.2) is 9.59 Å². The molecule has 1 amide bonds. The summed E-state index contributed by atoms with van der Waals surface area (Å²) in [5.41, 5.74) is 5.30. The molecule has 3 aromatic carbocycles. The van der Waals surface area contributed by atoms with E-state index in [2.05, 4.69) is 41.4 Å². The van der Waals surface area contributed by atoms with E-state index in [0.29, 0.717) is 24.3 Å². The van der Waals surface area contributed by atoms with Crippen molar-refractivity contribution in [2.45, 2.75) is 12.3 Å². The molecule has 6 heteroatoms. The molecule has 0 aromatic heterocycles. The summed E-state index contributed by atoms with van der Waals surface area (Å²) in [5, 5.41) is 11.5. The Morgan fingerprint density at radius 3 is 2.24 bits per heavy atom. The number of hydrogen-bond acceptors (Lipinski definition) is 4. The second-order valence-electron chi connectivity index (χ2n) is 7.48. The highest BCUT2D eigenvalue weighted by molar-refractivity contribution is 5.79. The second-order valence-corrected chi connectivity index (χ2v) is 7.48. The Bertz CT molecular complexity index is 1180. The molecule has 33 heavy (non-hydrogen) atoms. The van der Waals surface area contributed by atoms with Crippen LogP contribution < -0.4 is 10.1 Å². The summed E-state index contributed by atoms with van der Waals surface area (Å²) in [6.45, 7) is 0.170. The SMILES string of the molecule is O=C(O)COc1ccccc1C#CCCNC(=O)OCC1c2ccccc2-c2ccccc21. The molecule has 166 valence electrons. The van der Waals surface area contributed by atoms with Gasteiger partial charge < -0.3 is 19.9 Å². The Kier molecular flexibility index (Phi) is 6.91. The number of ether oxygens (including phenoxy) is 2. The molecule has 0 atom stereocenters. The normalized spacial score (nSPS) is 11.5. The third-order valence-corrected chi connectivity index (χ3v) is 5.32. The summed E-state index contributed by atoms with van der Waals surface area (Å²) in [6.07, 6.45) is -0.0684. The van der Waals surface area contributed by atoms with Crippen LogP contribution in [0.4, 0.5) is 4.79 Å². The lowest BCUT2D eigenvalue weighted by Crippen LogP contribution is -2.26. The molecule has 3 aromatic rings. The molecular weight excluding hydrogens is 418 g/mol. The number of hydrogen-bond donors (Lipinski definition) is 2. The molecule has 0 aliphatic heterocycles. The number of carbonyl (C=O) groups is 2. The molecule has 0 unspecified atom stereocenters. The topological polar surface area (TPSA) is 84.9 Å². The number of fused-ring (bicyclic) bond motifs is 3. The summed E-state index contributed by atoms with van der Waals surface area (Å²) in [5.74, 6) is 5.29. The van der Waals surface area contributed by atoms with Crippen LogP contribution in [0, 0.1) is 11.8 Å². The lowest BCUT2D eigenvalue weighted by atomic mass is 9.98. The minimum atomic E-state index is -1.05. The van der Waals surface area contributed by atoms with Crippen LogP contribution in [0.25, 0.3) is 11.1 Å². The molecule has 0 heterocycles. The maximum atomic E-state index is 12.2. The predicted octanol–water partition coefficient (Wildman–Crippen LogP) is 4.43. The predicted molar refractivity (Wildman–Crippen MR) is 124 cm³/mol. The van der Waals surface area contributed by atoms with Crippen molar-refractivity contribution in [3.05, 3.63) is 89.5 Å². The van der Waals surface area contributed by atoms with Crippen LogP contribution in [0.5, 0.6) is 5.75 Å². The molecule has 4 rings (SSSR count). The van der Waals surface area contributed by atoms with E-state index in [0.717, 1.165) is 0 Å². The molecule has 0 bridgehead atoms. The first kappa shape index (κ1) is 22.0. The van der Waals surface area contributed by atoms with Crippen LogP contribution >= 0.6 is 0 Å². The smallest absolute Gasteiger partial charge is 0.407 e. The van der Waals surface area contributed by atoms with Crippen LogP contribution in [-0.4, -0.2) is 36.9 Å². The second kappa shape index (κ2) is 10.4. The fourth-order valence-electron chi connectivity index (χ4n) is 3.87. The first-order valence-corrected chi connectivity index (χ1v) is 10.6. The van der Waals surface area contributed by atoms with E-state index >= 15 is 0 Å². The van der Waals surface area contributed by atoms with Gasteiger partial charge in [0.15, 0.2) is 6.61 Å². The number of aliphatic carboxylic acids is 1. The van der Waals surface area contributed by atoms with E-state index in [1.54, 1.807) is 24.3 Å². The molecule has 0 fully saturated rings. The number of benzene rings is 3. The van der Waals surface area contributed by atoms with Crippen molar-refractivity contribution in [3.63, 3.8) is 0 Å². The van der Waals surface area contributed by atoms with Gasteiger partial charge in [0.25, 0.3) is 0 Å². The zero-order valence-corrected chi connectivity index (χ0v) is 17.9. The van der Waals surface area contributed by atoms with Gasteiger partial charge >= 0.3 is 12.1 Å². The molecular formula is C27H23NO5. The van der Waals surface area contributed by atoms with Crippen LogP contribution in [0.2, 0.25) is 0 Å². The van der Waals surface area contributed by atoms with Gasteiger partial charge in [0.05, 0.1) is 5.56 Å². The van der Waals surface area contributed by atoms with Gasteiger partial charge in [-0.2, -0.15) is 0 Å². The van der Waals surface area contributed by atoms with E-state index in [4.69, 9.17) is 14.6 Å². The quantitative estimate of drug-likeness (QED) is 0.419. The van der Waals surface area contributed by atoms with Gasteiger partial charge in [0, 0.05) is 18.9 Å². The molecule has 1 aliphatic rings. The third-order valence-electron chi connectivity index (χ3n) is 5.32. The molecule has 0 saturated heterocycles. The number of carboxylic acid groups (broad SMARTS) is 1. The van der Waals surface area contributed by atoms with E-state index in [9.17, 15) is 9.59 Å². The Morgan fingerprint density at radius 2 is 1.55 bits per heavy atom. The molecule has 0 saturated carbocycles. The van der Waals surface area contributed by atoms with E-state index in [1.807, 2.05) is 24.3 Å². The summed E-state index contributed by atoms with van der Waals surface area (Å²) >= 11 is 0. The number of carboxylic acids is 1. The first-order valence-electron chi connectivity index (χ1n) is 10.6. The van der Waals surface area contributed by atoms with Gasteiger partial charge in [-0.1, -0.05) is 72.5 Å². The molecule has 0 radical (unpaired) electrons. The summed E-state index contributed by atoms with van der Waals surface area (Å²) < 4.78 is 10.7. The number of para-hydroxylation sites is 1. The minimum Gasteiger partial charge on any atom is -0.481 e.